The summed E-state index contributed by atoms with van der Waals surface area (Å²) in [5.41, 5.74) is 6.45. The minimum atomic E-state index is -0.593. The van der Waals surface area contributed by atoms with Crippen LogP contribution in [0.15, 0.2) is 114 Å². The molecule has 0 fully saturated rings. The standard InChI is InChI=1S/C33H31N2O2/c1-2-14-24-35-32(26-17-7-4-8-18-26)28-20-10-12-22-30(28)37-33(35)36-29-21-11-9-19-27(29)31(34-23-13-1)25-15-5-3-6-16-25/h3-12,15-22,33H,1-2,13-14,23-24H2/q+1. The monoisotopic (exact) mass is 487 g/mol. The van der Waals surface area contributed by atoms with E-state index in [1.807, 2.05) is 30.3 Å². The van der Waals surface area contributed by atoms with Crippen molar-refractivity contribution in [3.05, 3.63) is 131 Å². The third-order valence-corrected chi connectivity index (χ3v) is 6.95. The molecule has 0 saturated carbocycles. The zero-order valence-electron chi connectivity index (χ0n) is 20.9. The van der Waals surface area contributed by atoms with E-state index in [1.165, 1.54) is 0 Å². The lowest BCUT2D eigenvalue weighted by molar-refractivity contribution is -0.643. The van der Waals surface area contributed by atoms with Gasteiger partial charge in [-0.2, -0.15) is 4.58 Å². The predicted octanol–water partition coefficient (Wildman–Crippen LogP) is 6.70. The number of nitrogens with zero attached hydrogens (tertiary/aromatic N) is 2. The van der Waals surface area contributed by atoms with Gasteiger partial charge in [-0.15, -0.1) is 0 Å². The Morgan fingerprint density at radius 3 is 1.86 bits per heavy atom. The van der Waals surface area contributed by atoms with E-state index < -0.39 is 6.41 Å². The minimum Gasteiger partial charge on any atom is -0.401 e. The van der Waals surface area contributed by atoms with Crippen LogP contribution in [0, 0.1) is 0 Å². The summed E-state index contributed by atoms with van der Waals surface area (Å²) in [6.07, 6.45) is 3.81. The molecule has 2 aliphatic heterocycles. The van der Waals surface area contributed by atoms with Crippen LogP contribution in [0.1, 0.15) is 47.9 Å². The van der Waals surface area contributed by atoms with Crippen LogP contribution in [-0.4, -0.2) is 35.5 Å². The Morgan fingerprint density at radius 2 is 1.14 bits per heavy atom. The fourth-order valence-electron chi connectivity index (χ4n) is 5.16. The summed E-state index contributed by atoms with van der Waals surface area (Å²) >= 11 is 0. The molecule has 0 amide bonds. The van der Waals surface area contributed by atoms with E-state index in [0.29, 0.717) is 0 Å². The van der Waals surface area contributed by atoms with Crippen LogP contribution in [0.25, 0.3) is 0 Å². The summed E-state index contributed by atoms with van der Waals surface area (Å²) in [5.74, 6) is 1.60. The van der Waals surface area contributed by atoms with Gasteiger partial charge in [0.05, 0.1) is 11.3 Å². The van der Waals surface area contributed by atoms with Gasteiger partial charge in [0.2, 0.25) is 5.71 Å². The van der Waals surface area contributed by atoms with Crippen LogP contribution >= 0.6 is 0 Å². The lowest BCUT2D eigenvalue weighted by Crippen LogP contribution is -2.45. The van der Waals surface area contributed by atoms with Gasteiger partial charge >= 0.3 is 6.41 Å². The van der Waals surface area contributed by atoms with Gasteiger partial charge in [0, 0.05) is 29.7 Å². The van der Waals surface area contributed by atoms with Crippen molar-refractivity contribution >= 4 is 11.4 Å². The Balaban J connectivity index is 1.50. The van der Waals surface area contributed by atoms with Gasteiger partial charge in [-0.25, -0.2) is 0 Å². The minimum absolute atomic E-state index is 0.593. The molecule has 4 heteroatoms. The smallest absolute Gasteiger partial charge is 0.401 e. The lowest BCUT2D eigenvalue weighted by Gasteiger charge is -2.27. The van der Waals surface area contributed by atoms with E-state index in [4.69, 9.17) is 14.5 Å². The second kappa shape index (κ2) is 10.8. The van der Waals surface area contributed by atoms with Crippen molar-refractivity contribution in [3.63, 3.8) is 0 Å². The first-order chi connectivity index (χ1) is 18.4. The quantitative estimate of drug-likeness (QED) is 0.295. The lowest BCUT2D eigenvalue weighted by atomic mass is 9.99. The molecule has 2 heterocycles. The molecule has 4 nitrogen and oxygen atoms in total. The van der Waals surface area contributed by atoms with E-state index in [2.05, 4.69) is 83.4 Å². The van der Waals surface area contributed by atoms with Gasteiger partial charge in [-0.3, -0.25) is 4.99 Å². The second-order valence-electron chi connectivity index (χ2n) is 9.45. The van der Waals surface area contributed by atoms with E-state index in [9.17, 15) is 0 Å². The Bertz CT molecular complexity index is 1430. The molecule has 0 aromatic heterocycles. The van der Waals surface area contributed by atoms with E-state index in [1.54, 1.807) is 0 Å². The van der Waals surface area contributed by atoms with Crippen LogP contribution < -0.4 is 9.47 Å². The highest BCUT2D eigenvalue weighted by Gasteiger charge is 2.38. The zero-order chi connectivity index (χ0) is 24.9. The molecular weight excluding hydrogens is 456 g/mol. The van der Waals surface area contributed by atoms with Gasteiger partial charge in [-0.1, -0.05) is 79.2 Å². The van der Waals surface area contributed by atoms with E-state index in [-0.39, 0.29) is 0 Å². The van der Waals surface area contributed by atoms with Crippen LogP contribution in [0.5, 0.6) is 11.5 Å². The summed E-state index contributed by atoms with van der Waals surface area (Å²) in [7, 11) is 0. The summed E-state index contributed by atoms with van der Waals surface area (Å²) in [4.78, 5) is 5.08. The molecule has 1 unspecified atom stereocenters. The molecule has 4 aromatic rings. The molecule has 1 atom stereocenters. The molecule has 0 N–H and O–H groups in total. The highest BCUT2D eigenvalue weighted by Crippen LogP contribution is 2.31. The molecule has 37 heavy (non-hydrogen) atoms. The van der Waals surface area contributed by atoms with E-state index in [0.717, 1.165) is 83.9 Å². The fraction of sp³-hybridized carbons (Fsp3) is 0.212. The Morgan fingerprint density at radius 1 is 0.568 bits per heavy atom. The molecule has 4 aromatic carbocycles. The molecule has 0 saturated heterocycles. The maximum absolute atomic E-state index is 6.78. The normalized spacial score (nSPS) is 17.8. The van der Waals surface area contributed by atoms with Crippen molar-refractivity contribution in [3.8, 4) is 11.5 Å². The molecule has 2 aliphatic rings. The number of para-hydroxylation sites is 2. The average molecular weight is 488 g/mol. The van der Waals surface area contributed by atoms with Gasteiger partial charge in [0.25, 0.3) is 0 Å². The van der Waals surface area contributed by atoms with Crippen molar-refractivity contribution in [2.75, 3.05) is 13.1 Å². The van der Waals surface area contributed by atoms with Crippen molar-refractivity contribution in [1.82, 2.24) is 0 Å². The molecule has 0 aliphatic carbocycles. The number of hydrogen-bond acceptors (Lipinski definition) is 3. The SMILES string of the molecule is c1ccc(C2=NCCCCCC[N+]3=C(c4ccccc4)c4ccccc4OC3Oc3ccccc32)cc1. The number of aliphatic imine (C=N–C) groups is 1. The molecule has 6 rings (SSSR count). The summed E-state index contributed by atoms with van der Waals surface area (Å²) < 4.78 is 15.6. The molecular formula is C33H31N2O2+. The van der Waals surface area contributed by atoms with Crippen LogP contribution in [0.2, 0.25) is 0 Å². The number of rotatable bonds is 2. The number of ether oxygens (including phenoxy) is 2. The van der Waals surface area contributed by atoms with Gasteiger partial charge in [-0.05, 0) is 49.2 Å². The first-order valence-corrected chi connectivity index (χ1v) is 13.2. The second-order valence-corrected chi connectivity index (χ2v) is 9.45. The largest absolute Gasteiger partial charge is 0.463 e. The summed E-state index contributed by atoms with van der Waals surface area (Å²) in [5, 5.41) is 0. The number of fused-ring (bicyclic) bond motifs is 3. The molecule has 0 radical (unpaired) electrons. The molecule has 184 valence electrons. The molecule has 0 bridgehead atoms. The van der Waals surface area contributed by atoms with Crippen molar-refractivity contribution < 1.29 is 14.0 Å². The van der Waals surface area contributed by atoms with Gasteiger partial charge < -0.3 is 9.47 Å². The predicted molar refractivity (Wildman–Crippen MR) is 148 cm³/mol. The van der Waals surface area contributed by atoms with Crippen molar-refractivity contribution in [2.45, 2.75) is 32.1 Å². The topological polar surface area (TPSA) is 33.8 Å². The first-order valence-electron chi connectivity index (χ1n) is 13.2. The highest BCUT2D eigenvalue weighted by atomic mass is 16.7. The number of hydrogen-bond donors (Lipinski definition) is 0. The van der Waals surface area contributed by atoms with Crippen molar-refractivity contribution in [1.29, 1.82) is 0 Å². The van der Waals surface area contributed by atoms with Crippen LogP contribution in [0.3, 0.4) is 0 Å². The van der Waals surface area contributed by atoms with E-state index >= 15 is 0 Å². The Hall–Kier alpha value is -4.18. The molecule has 0 spiro atoms. The highest BCUT2D eigenvalue weighted by molar-refractivity contribution is 6.14. The first kappa shape index (κ1) is 23.2. The summed E-state index contributed by atoms with van der Waals surface area (Å²) in [6, 6.07) is 37.4. The van der Waals surface area contributed by atoms with Gasteiger partial charge in [0.15, 0.2) is 6.54 Å². The third kappa shape index (κ3) is 4.92. The zero-order valence-corrected chi connectivity index (χ0v) is 20.9. The third-order valence-electron chi connectivity index (χ3n) is 6.95. The fourth-order valence-corrected chi connectivity index (χ4v) is 5.16. The van der Waals surface area contributed by atoms with Crippen molar-refractivity contribution in [2.24, 2.45) is 4.99 Å². The number of benzene rings is 4. The maximum atomic E-state index is 6.78. The Labute approximate surface area is 218 Å². The van der Waals surface area contributed by atoms with Crippen LogP contribution in [0.4, 0.5) is 0 Å². The maximum Gasteiger partial charge on any atom is 0.463 e. The summed E-state index contributed by atoms with van der Waals surface area (Å²) in [6.45, 7) is 1.65. The Kier molecular flexibility index (Phi) is 6.80. The average Bonchev–Trinajstić information content (AvgIpc) is 2.97. The van der Waals surface area contributed by atoms with Gasteiger partial charge in [0.1, 0.15) is 11.5 Å². The van der Waals surface area contributed by atoms with Crippen LogP contribution in [-0.2, 0) is 0 Å².